The summed E-state index contributed by atoms with van der Waals surface area (Å²) in [7, 11) is 0. The second-order valence-corrected chi connectivity index (χ2v) is 4.71. The summed E-state index contributed by atoms with van der Waals surface area (Å²) in [5.41, 5.74) is 5.30. The van der Waals surface area contributed by atoms with Crippen LogP contribution in [-0.2, 0) is 11.4 Å². The summed E-state index contributed by atoms with van der Waals surface area (Å²) in [6.45, 7) is -0.131. The van der Waals surface area contributed by atoms with Crippen molar-refractivity contribution in [1.29, 1.82) is 0 Å². The molecule has 1 aromatic carbocycles. The quantitative estimate of drug-likeness (QED) is 0.693. The predicted molar refractivity (Wildman–Crippen MR) is 65.1 cm³/mol. The number of aliphatic hydroxyl groups is 1. The lowest BCUT2D eigenvalue weighted by molar-refractivity contribution is -0.145. The molecule has 0 spiro atoms. The van der Waals surface area contributed by atoms with Gasteiger partial charge in [0, 0.05) is 0 Å². The predicted octanol–water partition coefficient (Wildman–Crippen LogP) is 0.750. The molecule has 5 heteroatoms. The van der Waals surface area contributed by atoms with E-state index in [-0.39, 0.29) is 19.1 Å². The van der Waals surface area contributed by atoms with Crippen LogP contribution in [0, 0.1) is 5.92 Å². The minimum atomic E-state index is -1.31. The number of benzene rings is 1. The summed E-state index contributed by atoms with van der Waals surface area (Å²) in [6.07, 6.45) is 1.67. The van der Waals surface area contributed by atoms with Crippen molar-refractivity contribution in [2.24, 2.45) is 11.7 Å². The summed E-state index contributed by atoms with van der Waals surface area (Å²) in [5.74, 6) is -0.502. The molecule has 0 bridgehead atoms. The van der Waals surface area contributed by atoms with Gasteiger partial charge in [0.15, 0.2) is 5.54 Å². The third-order valence-electron chi connectivity index (χ3n) is 3.26. The lowest BCUT2D eigenvalue weighted by Crippen LogP contribution is -2.54. The topological polar surface area (TPSA) is 92.8 Å². The molecule has 1 fully saturated rings. The fourth-order valence-corrected chi connectivity index (χ4v) is 1.89. The first-order valence-corrected chi connectivity index (χ1v) is 5.91. The fraction of sp³-hybridized carbons (Fsp3) is 0.462. The van der Waals surface area contributed by atoms with Gasteiger partial charge in [0.1, 0.15) is 12.4 Å². The van der Waals surface area contributed by atoms with Gasteiger partial charge in [-0.25, -0.2) is 0 Å². The summed E-state index contributed by atoms with van der Waals surface area (Å²) < 4.78 is 5.46. The van der Waals surface area contributed by atoms with E-state index in [4.69, 9.17) is 15.6 Å². The van der Waals surface area contributed by atoms with Crippen LogP contribution in [0.15, 0.2) is 24.3 Å². The molecule has 0 radical (unpaired) electrons. The molecular weight excluding hydrogens is 234 g/mol. The zero-order valence-electron chi connectivity index (χ0n) is 10.0. The molecule has 2 rings (SSSR count). The van der Waals surface area contributed by atoms with Gasteiger partial charge in [-0.15, -0.1) is 0 Å². The van der Waals surface area contributed by atoms with Crippen LogP contribution in [0.5, 0.6) is 5.75 Å². The largest absolute Gasteiger partial charge is 0.491 e. The van der Waals surface area contributed by atoms with E-state index >= 15 is 0 Å². The molecule has 1 aliphatic carbocycles. The fourth-order valence-electron chi connectivity index (χ4n) is 1.89. The van der Waals surface area contributed by atoms with Crippen molar-refractivity contribution in [2.45, 2.75) is 25.0 Å². The van der Waals surface area contributed by atoms with Gasteiger partial charge < -0.3 is 20.7 Å². The van der Waals surface area contributed by atoms with E-state index in [0.29, 0.717) is 5.75 Å². The highest BCUT2D eigenvalue weighted by Crippen LogP contribution is 2.38. The van der Waals surface area contributed by atoms with E-state index in [0.717, 1.165) is 18.4 Å². The van der Waals surface area contributed by atoms with Crippen LogP contribution in [0.4, 0.5) is 0 Å². The highest BCUT2D eigenvalue weighted by atomic mass is 16.5. The molecule has 98 valence electrons. The SMILES string of the molecule is NC(COc1cccc(CO)c1)(C(=O)O)C1CC1. The van der Waals surface area contributed by atoms with Crippen molar-refractivity contribution in [1.82, 2.24) is 0 Å². The van der Waals surface area contributed by atoms with Crippen LogP contribution in [0.1, 0.15) is 18.4 Å². The zero-order chi connectivity index (χ0) is 13.2. The molecule has 0 amide bonds. The molecule has 0 aliphatic heterocycles. The second-order valence-electron chi connectivity index (χ2n) is 4.71. The van der Waals surface area contributed by atoms with Gasteiger partial charge in [-0.1, -0.05) is 12.1 Å². The Morgan fingerprint density at radius 1 is 1.50 bits per heavy atom. The molecule has 0 heterocycles. The Bertz CT molecular complexity index is 444. The van der Waals surface area contributed by atoms with Crippen LogP contribution in [0.25, 0.3) is 0 Å². The number of ether oxygens (including phenoxy) is 1. The molecule has 5 nitrogen and oxygen atoms in total. The number of hydrogen-bond donors (Lipinski definition) is 3. The Labute approximate surface area is 105 Å². The molecule has 18 heavy (non-hydrogen) atoms. The maximum atomic E-state index is 11.2. The van der Waals surface area contributed by atoms with Gasteiger partial charge in [0.05, 0.1) is 6.61 Å². The molecule has 0 saturated heterocycles. The van der Waals surface area contributed by atoms with Gasteiger partial charge in [0.25, 0.3) is 0 Å². The first-order chi connectivity index (χ1) is 8.56. The van der Waals surface area contributed by atoms with Crippen molar-refractivity contribution in [2.75, 3.05) is 6.61 Å². The number of nitrogens with two attached hydrogens (primary N) is 1. The van der Waals surface area contributed by atoms with Gasteiger partial charge in [-0.2, -0.15) is 0 Å². The van der Waals surface area contributed by atoms with Crippen molar-refractivity contribution in [3.8, 4) is 5.75 Å². The Balaban J connectivity index is 2.03. The smallest absolute Gasteiger partial charge is 0.327 e. The van der Waals surface area contributed by atoms with Gasteiger partial charge >= 0.3 is 5.97 Å². The van der Waals surface area contributed by atoms with E-state index in [1.807, 2.05) is 0 Å². The minimum Gasteiger partial charge on any atom is -0.491 e. The summed E-state index contributed by atoms with van der Waals surface area (Å²) in [5, 5.41) is 18.2. The Morgan fingerprint density at radius 2 is 2.22 bits per heavy atom. The van der Waals surface area contributed by atoms with Crippen molar-refractivity contribution >= 4 is 5.97 Å². The molecule has 1 atom stereocenters. The van der Waals surface area contributed by atoms with Crippen LogP contribution in [0.3, 0.4) is 0 Å². The Morgan fingerprint density at radius 3 is 2.78 bits per heavy atom. The first kappa shape index (κ1) is 12.9. The number of aliphatic carboxylic acids is 1. The summed E-state index contributed by atoms with van der Waals surface area (Å²) >= 11 is 0. The Kier molecular flexibility index (Phi) is 3.54. The van der Waals surface area contributed by atoms with E-state index < -0.39 is 11.5 Å². The number of aliphatic hydroxyl groups excluding tert-OH is 1. The zero-order valence-corrected chi connectivity index (χ0v) is 10.0. The second kappa shape index (κ2) is 4.96. The third-order valence-corrected chi connectivity index (χ3v) is 3.26. The number of carboxylic acids is 1. The number of rotatable bonds is 6. The summed E-state index contributed by atoms with van der Waals surface area (Å²) in [4.78, 5) is 11.2. The van der Waals surface area contributed by atoms with Gasteiger partial charge in [-0.3, -0.25) is 4.79 Å². The molecule has 1 aromatic rings. The Hall–Kier alpha value is -1.59. The van der Waals surface area contributed by atoms with Crippen molar-refractivity contribution in [3.05, 3.63) is 29.8 Å². The highest BCUT2D eigenvalue weighted by molar-refractivity contribution is 5.79. The van der Waals surface area contributed by atoms with Crippen LogP contribution in [-0.4, -0.2) is 28.3 Å². The molecule has 1 aliphatic rings. The molecule has 1 unspecified atom stereocenters. The van der Waals surface area contributed by atoms with E-state index in [2.05, 4.69) is 0 Å². The van der Waals surface area contributed by atoms with Gasteiger partial charge in [-0.05, 0) is 36.5 Å². The third kappa shape index (κ3) is 2.63. The maximum absolute atomic E-state index is 11.2. The van der Waals surface area contributed by atoms with E-state index in [9.17, 15) is 9.90 Å². The van der Waals surface area contributed by atoms with E-state index in [1.54, 1.807) is 24.3 Å². The van der Waals surface area contributed by atoms with Crippen LogP contribution < -0.4 is 10.5 Å². The van der Waals surface area contributed by atoms with Crippen LogP contribution >= 0.6 is 0 Å². The monoisotopic (exact) mass is 251 g/mol. The van der Waals surface area contributed by atoms with Crippen molar-refractivity contribution < 1.29 is 19.7 Å². The van der Waals surface area contributed by atoms with Gasteiger partial charge in [0.2, 0.25) is 0 Å². The average Bonchev–Trinajstić information content (AvgIpc) is 3.20. The lowest BCUT2D eigenvalue weighted by atomic mass is 9.96. The van der Waals surface area contributed by atoms with Crippen LogP contribution in [0.2, 0.25) is 0 Å². The summed E-state index contributed by atoms with van der Waals surface area (Å²) in [6, 6.07) is 6.90. The molecule has 0 aromatic heterocycles. The molecule has 4 N–H and O–H groups in total. The highest BCUT2D eigenvalue weighted by Gasteiger charge is 2.49. The number of carboxylic acid groups (broad SMARTS) is 1. The molecule has 1 saturated carbocycles. The average molecular weight is 251 g/mol. The standard InChI is InChI=1S/C13H17NO4/c14-13(12(16)17,10-4-5-10)8-18-11-3-1-2-9(6-11)7-15/h1-3,6,10,15H,4-5,7-8,14H2,(H,16,17). The van der Waals surface area contributed by atoms with E-state index in [1.165, 1.54) is 0 Å². The minimum absolute atomic E-state index is 0.00368. The number of carbonyl (C=O) groups is 1. The molecular formula is C13H17NO4. The normalized spacial score (nSPS) is 18.1. The maximum Gasteiger partial charge on any atom is 0.327 e. The lowest BCUT2D eigenvalue weighted by Gasteiger charge is -2.24. The van der Waals surface area contributed by atoms with Crippen molar-refractivity contribution in [3.63, 3.8) is 0 Å². The first-order valence-electron chi connectivity index (χ1n) is 5.91. The number of hydrogen-bond acceptors (Lipinski definition) is 4.